The summed E-state index contributed by atoms with van der Waals surface area (Å²) in [5, 5.41) is 3.14. The first-order chi connectivity index (χ1) is 10.9. The molecule has 0 spiro atoms. The van der Waals surface area contributed by atoms with E-state index in [9.17, 15) is 13.6 Å². The number of piperidine rings is 1. The Labute approximate surface area is 137 Å². The van der Waals surface area contributed by atoms with Crippen LogP contribution in [0.1, 0.15) is 58.1 Å². The summed E-state index contributed by atoms with van der Waals surface area (Å²) in [6.07, 6.45) is 4.22. The number of hydrogen-bond acceptors (Lipinski definition) is 2. The highest BCUT2D eigenvalue weighted by molar-refractivity contribution is 5.82. The van der Waals surface area contributed by atoms with Crippen LogP contribution in [0.5, 0.6) is 0 Å². The van der Waals surface area contributed by atoms with Crippen LogP contribution in [0.25, 0.3) is 0 Å². The van der Waals surface area contributed by atoms with Gasteiger partial charge in [0.2, 0.25) is 5.91 Å². The maximum absolute atomic E-state index is 13.8. The van der Waals surface area contributed by atoms with Crippen LogP contribution >= 0.6 is 0 Å². The lowest BCUT2D eigenvalue weighted by atomic mass is 9.99. The van der Waals surface area contributed by atoms with E-state index in [-0.39, 0.29) is 11.9 Å². The lowest BCUT2D eigenvalue weighted by molar-refractivity contribution is -0.137. The van der Waals surface area contributed by atoms with Crippen molar-refractivity contribution in [1.82, 2.24) is 10.2 Å². The zero-order chi connectivity index (χ0) is 17.0. The van der Waals surface area contributed by atoms with Crippen LogP contribution in [0.2, 0.25) is 0 Å². The maximum Gasteiger partial charge on any atom is 0.239 e. The van der Waals surface area contributed by atoms with Crippen molar-refractivity contribution in [2.24, 2.45) is 0 Å². The molecule has 1 amide bonds. The van der Waals surface area contributed by atoms with Crippen molar-refractivity contribution < 1.29 is 13.6 Å². The fourth-order valence-electron chi connectivity index (χ4n) is 3.35. The Bertz CT molecular complexity index is 550. The zero-order valence-electron chi connectivity index (χ0n) is 14.1. The monoisotopic (exact) mass is 324 g/mol. The molecule has 0 saturated carbocycles. The smallest absolute Gasteiger partial charge is 0.239 e. The molecule has 0 aromatic heterocycles. The molecule has 1 fully saturated rings. The predicted octanol–water partition coefficient (Wildman–Crippen LogP) is 3.80. The minimum atomic E-state index is -0.596. The topological polar surface area (TPSA) is 32.3 Å². The molecule has 0 bridgehead atoms. The SMILES string of the molecule is CCC1CCCCN1C(=O)C(C)NC(C)c1ccc(F)cc1F. The van der Waals surface area contributed by atoms with Crippen molar-refractivity contribution in [2.45, 2.75) is 64.6 Å². The van der Waals surface area contributed by atoms with E-state index in [1.54, 1.807) is 6.92 Å². The number of likely N-dealkylation sites (tertiary alicyclic amines) is 1. The minimum Gasteiger partial charge on any atom is -0.338 e. The molecule has 1 heterocycles. The summed E-state index contributed by atoms with van der Waals surface area (Å²) >= 11 is 0. The van der Waals surface area contributed by atoms with Gasteiger partial charge in [-0.1, -0.05) is 13.0 Å². The molecule has 1 aromatic carbocycles. The predicted molar refractivity (Wildman–Crippen MR) is 87.0 cm³/mol. The summed E-state index contributed by atoms with van der Waals surface area (Å²) in [5.41, 5.74) is 0.372. The summed E-state index contributed by atoms with van der Waals surface area (Å²) in [5.74, 6) is -1.12. The van der Waals surface area contributed by atoms with Gasteiger partial charge >= 0.3 is 0 Å². The molecule has 1 saturated heterocycles. The minimum absolute atomic E-state index is 0.0610. The van der Waals surface area contributed by atoms with Crippen LogP contribution in [-0.2, 0) is 4.79 Å². The van der Waals surface area contributed by atoms with Gasteiger partial charge < -0.3 is 4.90 Å². The first-order valence-corrected chi connectivity index (χ1v) is 8.45. The third-order valence-corrected chi connectivity index (χ3v) is 4.68. The van der Waals surface area contributed by atoms with E-state index in [2.05, 4.69) is 12.2 Å². The molecular weight excluding hydrogens is 298 g/mol. The van der Waals surface area contributed by atoms with Gasteiger partial charge in [0.15, 0.2) is 0 Å². The molecule has 3 unspecified atom stereocenters. The van der Waals surface area contributed by atoms with E-state index in [0.29, 0.717) is 11.6 Å². The molecule has 1 aliphatic rings. The van der Waals surface area contributed by atoms with Gasteiger partial charge in [0.05, 0.1) is 6.04 Å². The Balaban J connectivity index is 2.02. The van der Waals surface area contributed by atoms with Gasteiger partial charge in [-0.3, -0.25) is 10.1 Å². The van der Waals surface area contributed by atoms with E-state index >= 15 is 0 Å². The van der Waals surface area contributed by atoms with Crippen LogP contribution in [0.3, 0.4) is 0 Å². The normalized spacial score (nSPS) is 21.1. The largest absolute Gasteiger partial charge is 0.338 e. The fraction of sp³-hybridized carbons (Fsp3) is 0.611. The highest BCUT2D eigenvalue weighted by Gasteiger charge is 2.29. The number of nitrogens with one attached hydrogen (secondary N) is 1. The number of carbonyl (C=O) groups excluding carboxylic acids is 1. The van der Waals surface area contributed by atoms with Crippen LogP contribution in [0.15, 0.2) is 18.2 Å². The van der Waals surface area contributed by atoms with Gasteiger partial charge in [0.25, 0.3) is 0 Å². The zero-order valence-corrected chi connectivity index (χ0v) is 14.1. The van der Waals surface area contributed by atoms with Crippen LogP contribution in [0, 0.1) is 11.6 Å². The van der Waals surface area contributed by atoms with Gasteiger partial charge in [-0.25, -0.2) is 8.78 Å². The fourth-order valence-corrected chi connectivity index (χ4v) is 3.35. The van der Waals surface area contributed by atoms with Crippen molar-refractivity contribution >= 4 is 5.91 Å². The number of hydrogen-bond donors (Lipinski definition) is 1. The molecule has 1 aliphatic heterocycles. The lowest BCUT2D eigenvalue weighted by Gasteiger charge is -2.37. The van der Waals surface area contributed by atoms with Crippen molar-refractivity contribution in [3.05, 3.63) is 35.4 Å². The molecule has 0 aliphatic carbocycles. The number of amides is 1. The summed E-state index contributed by atoms with van der Waals surface area (Å²) < 4.78 is 26.9. The molecule has 0 radical (unpaired) electrons. The number of rotatable bonds is 5. The van der Waals surface area contributed by atoms with Crippen LogP contribution in [0.4, 0.5) is 8.78 Å². The van der Waals surface area contributed by atoms with Gasteiger partial charge in [-0.2, -0.15) is 0 Å². The van der Waals surface area contributed by atoms with E-state index in [4.69, 9.17) is 0 Å². The first kappa shape index (κ1) is 17.9. The third-order valence-electron chi connectivity index (χ3n) is 4.68. The summed E-state index contributed by atoms with van der Waals surface area (Å²) in [4.78, 5) is 14.6. The number of nitrogens with zero attached hydrogens (tertiary/aromatic N) is 1. The molecule has 5 heteroatoms. The third kappa shape index (κ3) is 4.28. The van der Waals surface area contributed by atoms with E-state index in [0.717, 1.165) is 31.9 Å². The summed E-state index contributed by atoms with van der Waals surface area (Å²) in [6.45, 7) is 6.49. The molecule has 23 heavy (non-hydrogen) atoms. The van der Waals surface area contributed by atoms with Gasteiger partial charge in [0.1, 0.15) is 11.6 Å². The van der Waals surface area contributed by atoms with Gasteiger partial charge in [0, 0.05) is 30.3 Å². The van der Waals surface area contributed by atoms with Crippen LogP contribution < -0.4 is 5.32 Å². The van der Waals surface area contributed by atoms with E-state index in [1.165, 1.54) is 18.6 Å². The van der Waals surface area contributed by atoms with Crippen molar-refractivity contribution in [3.63, 3.8) is 0 Å². The van der Waals surface area contributed by atoms with Gasteiger partial charge in [-0.05, 0) is 45.6 Å². The Kier molecular flexibility index (Phi) is 6.10. The average Bonchev–Trinajstić information content (AvgIpc) is 2.53. The second kappa shape index (κ2) is 7.86. The highest BCUT2D eigenvalue weighted by Crippen LogP contribution is 2.22. The molecule has 1 N–H and O–H groups in total. The molecule has 2 rings (SSSR count). The van der Waals surface area contributed by atoms with Crippen molar-refractivity contribution in [2.75, 3.05) is 6.54 Å². The summed E-state index contributed by atoms with van der Waals surface area (Å²) in [6, 6.07) is 3.08. The lowest BCUT2D eigenvalue weighted by Crippen LogP contribution is -2.51. The van der Waals surface area contributed by atoms with Gasteiger partial charge in [-0.15, -0.1) is 0 Å². The quantitative estimate of drug-likeness (QED) is 0.893. The Morgan fingerprint density at radius 1 is 1.35 bits per heavy atom. The standard InChI is InChI=1S/C18H26F2N2O/c1-4-15-7-5-6-10-22(15)18(23)13(3)21-12(2)16-9-8-14(19)11-17(16)20/h8-9,11-13,15,21H,4-7,10H2,1-3H3. The molecule has 1 aromatic rings. The average molecular weight is 324 g/mol. The highest BCUT2D eigenvalue weighted by atomic mass is 19.1. The van der Waals surface area contributed by atoms with Crippen molar-refractivity contribution in [3.8, 4) is 0 Å². The summed E-state index contributed by atoms with van der Waals surface area (Å²) in [7, 11) is 0. The van der Waals surface area contributed by atoms with Crippen LogP contribution in [-0.4, -0.2) is 29.4 Å². The van der Waals surface area contributed by atoms with Crippen molar-refractivity contribution in [1.29, 1.82) is 0 Å². The van der Waals surface area contributed by atoms with E-state index < -0.39 is 17.7 Å². The molecule has 3 atom stereocenters. The van der Waals surface area contributed by atoms with E-state index in [1.807, 2.05) is 11.8 Å². The molecule has 128 valence electrons. The second-order valence-electron chi connectivity index (χ2n) is 6.37. The molecular formula is C18H26F2N2O. The maximum atomic E-state index is 13.8. The number of halogens is 2. The Morgan fingerprint density at radius 3 is 2.74 bits per heavy atom. The first-order valence-electron chi connectivity index (χ1n) is 8.45. The number of benzene rings is 1. The Morgan fingerprint density at radius 2 is 2.09 bits per heavy atom. The Hall–Kier alpha value is -1.49. The number of carbonyl (C=O) groups is 1. The second-order valence-corrected chi connectivity index (χ2v) is 6.37. The molecule has 3 nitrogen and oxygen atoms in total.